The van der Waals surface area contributed by atoms with E-state index in [9.17, 15) is 0 Å². The number of nitrogens with zero attached hydrogens (tertiary/aromatic N) is 1. The highest BCUT2D eigenvalue weighted by Gasteiger charge is 2.42. The lowest BCUT2D eigenvalue weighted by Crippen LogP contribution is -2.45. The summed E-state index contributed by atoms with van der Waals surface area (Å²) >= 11 is 0. The molecule has 0 bridgehead atoms. The average Bonchev–Trinajstić information content (AvgIpc) is 3.25. The Balaban J connectivity index is 0.00000220. The molecule has 2 aliphatic carbocycles. The number of hydrogen-bond donors (Lipinski definition) is 2. The van der Waals surface area contributed by atoms with E-state index in [1.54, 1.807) is 0 Å². The van der Waals surface area contributed by atoms with Crippen molar-refractivity contribution in [2.75, 3.05) is 26.8 Å². The van der Waals surface area contributed by atoms with Crippen molar-refractivity contribution in [2.24, 2.45) is 10.4 Å². The molecule has 2 fully saturated rings. The molecule has 21 heavy (non-hydrogen) atoms. The molecule has 124 valence electrons. The van der Waals surface area contributed by atoms with E-state index < -0.39 is 0 Å². The van der Waals surface area contributed by atoms with Crippen molar-refractivity contribution >= 4 is 29.9 Å². The van der Waals surface area contributed by atoms with Crippen molar-refractivity contribution < 1.29 is 4.74 Å². The zero-order valence-corrected chi connectivity index (χ0v) is 15.9. The summed E-state index contributed by atoms with van der Waals surface area (Å²) in [7, 11) is 1.87. The first kappa shape index (κ1) is 19.0. The number of ether oxygens (including phenoxy) is 1. The highest BCUT2D eigenvalue weighted by Crippen LogP contribution is 2.48. The lowest BCUT2D eigenvalue weighted by molar-refractivity contribution is 0.128. The van der Waals surface area contributed by atoms with Gasteiger partial charge in [0.2, 0.25) is 0 Å². The van der Waals surface area contributed by atoms with Crippen LogP contribution in [0.4, 0.5) is 0 Å². The van der Waals surface area contributed by atoms with Gasteiger partial charge in [0, 0.05) is 32.8 Å². The molecule has 5 heteroatoms. The topological polar surface area (TPSA) is 45.6 Å². The Morgan fingerprint density at radius 3 is 2.52 bits per heavy atom. The first-order valence-corrected chi connectivity index (χ1v) is 8.33. The van der Waals surface area contributed by atoms with Crippen LogP contribution in [0.5, 0.6) is 0 Å². The van der Waals surface area contributed by atoms with Crippen LogP contribution >= 0.6 is 24.0 Å². The molecule has 0 saturated heterocycles. The zero-order chi connectivity index (χ0) is 14.3. The second-order valence-corrected chi connectivity index (χ2v) is 6.35. The maximum atomic E-state index is 5.49. The molecule has 0 unspecified atom stereocenters. The number of rotatable bonds is 7. The zero-order valence-electron chi connectivity index (χ0n) is 13.6. The lowest BCUT2D eigenvalue weighted by atomic mass is 9.96. The van der Waals surface area contributed by atoms with Gasteiger partial charge in [-0.3, -0.25) is 4.99 Å². The van der Waals surface area contributed by atoms with Gasteiger partial charge in [-0.1, -0.05) is 19.3 Å². The third kappa shape index (κ3) is 6.72. The molecule has 0 heterocycles. The minimum atomic E-state index is 0. The molecule has 0 amide bonds. The summed E-state index contributed by atoms with van der Waals surface area (Å²) in [6.45, 7) is 4.82. The molecule has 4 nitrogen and oxygen atoms in total. The van der Waals surface area contributed by atoms with Crippen molar-refractivity contribution in [1.82, 2.24) is 10.6 Å². The number of aliphatic imine (C=N–C) groups is 1. The fourth-order valence-corrected chi connectivity index (χ4v) is 3.03. The van der Waals surface area contributed by atoms with Crippen LogP contribution in [0.1, 0.15) is 58.3 Å². The van der Waals surface area contributed by atoms with Gasteiger partial charge in [0.1, 0.15) is 0 Å². The Labute approximate surface area is 146 Å². The van der Waals surface area contributed by atoms with Gasteiger partial charge in [-0.15, -0.1) is 24.0 Å². The monoisotopic (exact) mass is 409 g/mol. The van der Waals surface area contributed by atoms with Crippen LogP contribution in [0, 0.1) is 5.41 Å². The Kier molecular flexibility index (Phi) is 8.94. The van der Waals surface area contributed by atoms with Crippen LogP contribution in [-0.2, 0) is 4.74 Å². The number of hydrogen-bond acceptors (Lipinski definition) is 2. The fraction of sp³-hybridized carbons (Fsp3) is 0.938. The predicted molar refractivity (Wildman–Crippen MR) is 99.6 cm³/mol. The van der Waals surface area contributed by atoms with Crippen molar-refractivity contribution in [3.8, 4) is 0 Å². The fourth-order valence-electron chi connectivity index (χ4n) is 3.03. The van der Waals surface area contributed by atoms with Gasteiger partial charge in [0.25, 0.3) is 0 Å². The highest BCUT2D eigenvalue weighted by molar-refractivity contribution is 14.0. The quantitative estimate of drug-likeness (QED) is 0.294. The van der Waals surface area contributed by atoms with Crippen LogP contribution in [0.15, 0.2) is 4.99 Å². The van der Waals surface area contributed by atoms with E-state index in [0.29, 0.717) is 11.5 Å². The van der Waals surface area contributed by atoms with Gasteiger partial charge in [0.05, 0.1) is 0 Å². The molecular weight excluding hydrogens is 377 g/mol. The molecule has 0 spiro atoms. The molecule has 0 aromatic rings. The summed E-state index contributed by atoms with van der Waals surface area (Å²) in [5, 5.41) is 7.11. The third-order valence-electron chi connectivity index (χ3n) is 4.74. The Bertz CT molecular complexity index is 313. The van der Waals surface area contributed by atoms with Crippen LogP contribution in [0.2, 0.25) is 0 Å². The first-order valence-electron chi connectivity index (χ1n) is 8.33. The van der Waals surface area contributed by atoms with Gasteiger partial charge in [-0.2, -0.15) is 0 Å². The normalized spacial score (nSPS) is 21.5. The summed E-state index contributed by atoms with van der Waals surface area (Å²) in [5.74, 6) is 0.986. The molecule has 2 saturated carbocycles. The van der Waals surface area contributed by atoms with E-state index in [1.807, 2.05) is 7.05 Å². The number of halogens is 1. The molecule has 0 aromatic heterocycles. The third-order valence-corrected chi connectivity index (χ3v) is 4.74. The van der Waals surface area contributed by atoms with Gasteiger partial charge in [-0.25, -0.2) is 0 Å². The summed E-state index contributed by atoms with van der Waals surface area (Å²) in [5.41, 5.74) is 0.472. The molecule has 0 atom stereocenters. The summed E-state index contributed by atoms with van der Waals surface area (Å²) in [6, 6.07) is 0.619. The summed E-state index contributed by atoms with van der Waals surface area (Å²) in [4.78, 5) is 4.37. The van der Waals surface area contributed by atoms with Crippen LogP contribution in [0.25, 0.3) is 0 Å². The van der Waals surface area contributed by atoms with Gasteiger partial charge in [-0.05, 0) is 44.4 Å². The molecule has 0 radical (unpaired) electrons. The van der Waals surface area contributed by atoms with E-state index in [4.69, 9.17) is 4.74 Å². The van der Waals surface area contributed by atoms with Crippen LogP contribution < -0.4 is 10.6 Å². The maximum Gasteiger partial charge on any atom is 0.191 e. The van der Waals surface area contributed by atoms with Crippen molar-refractivity contribution in [3.05, 3.63) is 0 Å². The highest BCUT2D eigenvalue weighted by atomic mass is 127. The van der Waals surface area contributed by atoms with Crippen molar-refractivity contribution in [2.45, 2.75) is 64.3 Å². The molecule has 2 N–H and O–H groups in total. The standard InChI is InChI=1S/C16H31N3O.HI/c1-3-20-12-11-16(9-10-16)13-18-15(17-2)19-14-7-5-4-6-8-14;/h14H,3-13H2,1-2H3,(H2,17,18,19);1H. The second-order valence-electron chi connectivity index (χ2n) is 6.35. The number of guanidine groups is 1. The predicted octanol–water partition coefficient (Wildman–Crippen LogP) is 3.31. The van der Waals surface area contributed by atoms with Crippen molar-refractivity contribution in [3.63, 3.8) is 0 Å². The van der Waals surface area contributed by atoms with Crippen LogP contribution in [0.3, 0.4) is 0 Å². The Hall–Kier alpha value is -0.0400. The largest absolute Gasteiger partial charge is 0.382 e. The van der Waals surface area contributed by atoms with E-state index in [1.165, 1.54) is 51.4 Å². The Morgan fingerprint density at radius 1 is 1.24 bits per heavy atom. The van der Waals surface area contributed by atoms with E-state index >= 15 is 0 Å². The van der Waals surface area contributed by atoms with Crippen molar-refractivity contribution in [1.29, 1.82) is 0 Å². The SMILES string of the molecule is CCOCCC1(CNC(=NC)NC2CCCCC2)CC1.I. The van der Waals surface area contributed by atoms with Gasteiger partial charge < -0.3 is 15.4 Å². The van der Waals surface area contributed by atoms with E-state index in [-0.39, 0.29) is 24.0 Å². The molecule has 0 aliphatic heterocycles. The smallest absolute Gasteiger partial charge is 0.191 e. The van der Waals surface area contributed by atoms with E-state index in [0.717, 1.165) is 25.7 Å². The van der Waals surface area contributed by atoms with Gasteiger partial charge >= 0.3 is 0 Å². The van der Waals surface area contributed by atoms with Gasteiger partial charge in [0.15, 0.2) is 5.96 Å². The summed E-state index contributed by atoms with van der Waals surface area (Å²) < 4.78 is 5.49. The minimum Gasteiger partial charge on any atom is -0.382 e. The maximum absolute atomic E-state index is 5.49. The molecular formula is C16H32IN3O. The van der Waals surface area contributed by atoms with E-state index in [2.05, 4.69) is 22.5 Å². The minimum absolute atomic E-state index is 0. The Morgan fingerprint density at radius 2 is 1.95 bits per heavy atom. The second kappa shape index (κ2) is 9.87. The first-order chi connectivity index (χ1) is 9.78. The molecule has 0 aromatic carbocycles. The number of nitrogens with one attached hydrogen (secondary N) is 2. The molecule has 2 aliphatic rings. The average molecular weight is 409 g/mol. The summed E-state index contributed by atoms with van der Waals surface area (Å²) in [6.07, 6.45) is 10.5. The lowest BCUT2D eigenvalue weighted by Gasteiger charge is -2.26. The molecule has 2 rings (SSSR count). The van der Waals surface area contributed by atoms with Crippen LogP contribution in [-0.4, -0.2) is 38.8 Å².